The van der Waals surface area contributed by atoms with E-state index in [2.05, 4.69) is 0 Å². The number of nitrogens with one attached hydrogen (secondary N) is 2. The van der Waals surface area contributed by atoms with Gasteiger partial charge in [-0.2, -0.15) is 0 Å². The molecule has 5 nitrogen and oxygen atoms in total. The smallest absolute Gasteiger partial charge is 0.211 e. The lowest BCUT2D eigenvalue weighted by Crippen LogP contribution is -2.49. The molecule has 0 bridgehead atoms. The number of hydrogen-bond acceptors (Lipinski definition) is 4. The monoisotopic (exact) mass is 437 g/mol. The summed E-state index contributed by atoms with van der Waals surface area (Å²) < 4.78 is 53.8. The molecule has 0 amide bonds. The first-order valence-corrected chi connectivity index (χ1v) is 12.1. The van der Waals surface area contributed by atoms with Crippen LogP contribution in [0.2, 0.25) is 0 Å². The normalized spacial score (nSPS) is 29.9. The van der Waals surface area contributed by atoms with Gasteiger partial charge in [-0.25, -0.2) is 21.5 Å². The molecule has 2 N–H and O–H groups in total. The van der Waals surface area contributed by atoms with Crippen LogP contribution in [0.3, 0.4) is 0 Å². The first-order valence-electron chi connectivity index (χ1n) is 10.2. The van der Waals surface area contributed by atoms with Gasteiger partial charge in [0.05, 0.1) is 17.5 Å². The van der Waals surface area contributed by atoms with E-state index in [0.717, 1.165) is 37.8 Å². The predicted molar refractivity (Wildman–Crippen MR) is 115 cm³/mol. The molecule has 2 fully saturated rings. The average Bonchev–Trinajstić information content (AvgIpc) is 2.68. The number of benzene rings is 1. The minimum atomic E-state index is -3.30. The molecule has 1 saturated heterocycles. The second-order valence-electron chi connectivity index (χ2n) is 8.80. The van der Waals surface area contributed by atoms with Crippen molar-refractivity contribution in [2.24, 2.45) is 17.3 Å². The third-order valence-corrected chi connectivity index (χ3v) is 8.04. The fourth-order valence-corrected chi connectivity index (χ4v) is 5.65. The highest BCUT2D eigenvalue weighted by Crippen LogP contribution is 2.47. The van der Waals surface area contributed by atoms with Crippen LogP contribution >= 0.6 is 0 Å². The second-order valence-corrected chi connectivity index (χ2v) is 10.8. The highest BCUT2D eigenvalue weighted by molar-refractivity contribution is 7.88. The first-order chi connectivity index (χ1) is 13.9. The zero-order chi connectivity index (χ0) is 22.3. The maximum Gasteiger partial charge on any atom is 0.211 e. The summed E-state index contributed by atoms with van der Waals surface area (Å²) in [7, 11) is -3.30. The van der Waals surface area contributed by atoms with E-state index in [1.54, 1.807) is 0 Å². The van der Waals surface area contributed by atoms with E-state index >= 15 is 0 Å². The Morgan fingerprint density at radius 1 is 1.27 bits per heavy atom. The van der Waals surface area contributed by atoms with Crippen LogP contribution in [0.25, 0.3) is 0 Å². The van der Waals surface area contributed by atoms with Gasteiger partial charge in [-0.1, -0.05) is 19.9 Å². The molecule has 1 saturated carbocycles. The highest BCUT2D eigenvalue weighted by atomic mass is 32.2. The Hall–Kier alpha value is -1.93. The van der Waals surface area contributed by atoms with Gasteiger partial charge < -0.3 is 10.8 Å². The van der Waals surface area contributed by atoms with Crippen molar-refractivity contribution >= 4 is 21.4 Å². The zero-order valence-corrected chi connectivity index (χ0v) is 18.5. The van der Waals surface area contributed by atoms with E-state index in [1.165, 1.54) is 22.7 Å². The van der Waals surface area contributed by atoms with Crippen LogP contribution < -0.4 is 0 Å². The van der Waals surface area contributed by atoms with Crippen LogP contribution in [0.5, 0.6) is 0 Å². The van der Waals surface area contributed by atoms with Crippen molar-refractivity contribution in [2.75, 3.05) is 19.3 Å². The molecule has 164 valence electrons. The molecule has 0 radical (unpaired) electrons. The van der Waals surface area contributed by atoms with E-state index < -0.39 is 32.6 Å². The standard InChI is InChI=1S/C22H29F2N3O2S/c1-14-9-10-22(2,15-6-5-11-27(13-15)30(3,28)29)21(26)16(14)12-19(25)20-17(23)7-4-8-18(20)24/h4,7-8,12,14-15,25-26H,5-6,9-11,13H2,1-3H3/b16-12-,25-19?,26-21?/t14-,15-,22+/m0/s1. The quantitative estimate of drug-likeness (QED) is 0.685. The van der Waals surface area contributed by atoms with Crippen molar-refractivity contribution in [3.8, 4) is 0 Å². The molecule has 1 heterocycles. The lowest BCUT2D eigenvalue weighted by molar-refractivity contribution is 0.150. The lowest BCUT2D eigenvalue weighted by Gasteiger charge is -2.47. The van der Waals surface area contributed by atoms with Crippen molar-refractivity contribution in [1.29, 1.82) is 10.8 Å². The summed E-state index contributed by atoms with van der Waals surface area (Å²) in [5, 5.41) is 17.2. The van der Waals surface area contributed by atoms with Crippen LogP contribution in [0.1, 0.15) is 45.1 Å². The number of rotatable bonds is 4. The third kappa shape index (κ3) is 4.25. The van der Waals surface area contributed by atoms with Gasteiger partial charge in [0, 0.05) is 24.2 Å². The van der Waals surface area contributed by atoms with E-state index in [1.807, 2.05) is 13.8 Å². The Balaban J connectivity index is 1.93. The van der Waals surface area contributed by atoms with Gasteiger partial charge in [0.1, 0.15) is 11.6 Å². The third-order valence-electron chi connectivity index (χ3n) is 6.77. The summed E-state index contributed by atoms with van der Waals surface area (Å²) in [6.07, 6.45) is 5.71. The maximum atomic E-state index is 14.1. The number of halogens is 2. The molecular weight excluding hydrogens is 408 g/mol. The molecule has 2 aliphatic rings. The molecule has 0 spiro atoms. The van der Waals surface area contributed by atoms with E-state index in [4.69, 9.17) is 10.8 Å². The van der Waals surface area contributed by atoms with Gasteiger partial charge >= 0.3 is 0 Å². The van der Waals surface area contributed by atoms with Gasteiger partial charge in [-0.15, -0.1) is 0 Å². The highest BCUT2D eigenvalue weighted by Gasteiger charge is 2.45. The van der Waals surface area contributed by atoms with Crippen molar-refractivity contribution in [3.05, 3.63) is 47.0 Å². The Morgan fingerprint density at radius 3 is 2.50 bits per heavy atom. The van der Waals surface area contributed by atoms with Gasteiger partial charge in [0.15, 0.2) is 0 Å². The van der Waals surface area contributed by atoms with Gasteiger partial charge in [-0.05, 0) is 61.3 Å². The Bertz CT molecular complexity index is 985. The topological polar surface area (TPSA) is 85.1 Å². The van der Waals surface area contributed by atoms with Crippen LogP contribution in [-0.4, -0.2) is 43.5 Å². The summed E-state index contributed by atoms with van der Waals surface area (Å²) in [6, 6.07) is 3.49. The van der Waals surface area contributed by atoms with Crippen molar-refractivity contribution < 1.29 is 17.2 Å². The Labute approximate surface area is 177 Å². The molecule has 0 aromatic heterocycles. The van der Waals surface area contributed by atoms with E-state index in [-0.39, 0.29) is 17.5 Å². The van der Waals surface area contributed by atoms with E-state index in [9.17, 15) is 17.2 Å². The van der Waals surface area contributed by atoms with Gasteiger partial charge in [-0.3, -0.25) is 0 Å². The fraction of sp³-hybridized carbons (Fsp3) is 0.545. The first kappa shape index (κ1) is 22.7. The summed E-state index contributed by atoms with van der Waals surface area (Å²) in [4.78, 5) is 0. The van der Waals surface area contributed by atoms with Crippen molar-refractivity contribution in [1.82, 2.24) is 4.31 Å². The van der Waals surface area contributed by atoms with Crippen LogP contribution in [0.15, 0.2) is 29.8 Å². The lowest BCUT2D eigenvalue weighted by atomic mass is 9.60. The SMILES string of the molecule is C[C@H]1CC[C@](C)([C@H]2CCCN(S(C)(=O)=O)C2)C(=N)/C1=C\C(=N)c1c(F)cccc1F. The number of hydrogen-bond donors (Lipinski definition) is 2. The number of nitrogens with zero attached hydrogens (tertiary/aromatic N) is 1. The van der Waals surface area contributed by atoms with Gasteiger partial charge in [0.2, 0.25) is 10.0 Å². The minimum absolute atomic E-state index is 0.0104. The van der Waals surface area contributed by atoms with Crippen molar-refractivity contribution in [2.45, 2.75) is 39.5 Å². The minimum Gasteiger partial charge on any atom is -0.304 e. The van der Waals surface area contributed by atoms with Crippen molar-refractivity contribution in [3.63, 3.8) is 0 Å². The van der Waals surface area contributed by atoms with Crippen LogP contribution in [0.4, 0.5) is 8.78 Å². The largest absolute Gasteiger partial charge is 0.304 e. The molecule has 30 heavy (non-hydrogen) atoms. The summed E-state index contributed by atoms with van der Waals surface area (Å²) >= 11 is 0. The average molecular weight is 438 g/mol. The number of piperidine rings is 1. The molecule has 1 aromatic rings. The van der Waals surface area contributed by atoms with Crippen LogP contribution in [0, 0.1) is 39.7 Å². The molecule has 3 atom stereocenters. The molecule has 3 rings (SSSR count). The molecule has 1 aliphatic carbocycles. The maximum absolute atomic E-state index is 14.1. The fourth-order valence-electron chi connectivity index (χ4n) is 4.74. The zero-order valence-electron chi connectivity index (χ0n) is 17.6. The molecule has 8 heteroatoms. The molecule has 1 aliphatic heterocycles. The van der Waals surface area contributed by atoms with Gasteiger partial charge in [0.25, 0.3) is 0 Å². The Kier molecular flexibility index (Phi) is 6.30. The molecule has 1 aromatic carbocycles. The predicted octanol–water partition coefficient (Wildman–Crippen LogP) is 4.39. The van der Waals surface area contributed by atoms with Crippen LogP contribution in [-0.2, 0) is 10.0 Å². The van der Waals surface area contributed by atoms with E-state index in [0.29, 0.717) is 24.4 Å². The second kappa shape index (κ2) is 8.30. The summed E-state index contributed by atoms with van der Waals surface area (Å²) in [5.74, 6) is -1.63. The molecular formula is C22H29F2N3O2S. The molecule has 0 unspecified atom stereocenters. The summed E-state index contributed by atoms with van der Waals surface area (Å²) in [5.41, 5.74) is -0.271. The summed E-state index contributed by atoms with van der Waals surface area (Å²) in [6.45, 7) is 4.81. The Morgan fingerprint density at radius 2 is 1.90 bits per heavy atom. The number of sulfonamides is 1. The number of allylic oxidation sites excluding steroid dienone is 2.